The molecule has 3 atom stereocenters. The van der Waals surface area contributed by atoms with Crippen molar-refractivity contribution in [1.82, 2.24) is 4.90 Å². The summed E-state index contributed by atoms with van der Waals surface area (Å²) in [5, 5.41) is 2.72. The molecular weight excluding hydrogens is 540 g/mol. The molecule has 12 heteroatoms. The molecule has 2 aromatic carbocycles. The number of rotatable bonds is 7. The van der Waals surface area contributed by atoms with E-state index in [1.165, 1.54) is 0 Å². The molecule has 4 rings (SSSR count). The molecule has 2 aliphatic rings. The Bertz CT molecular complexity index is 1280. The van der Waals surface area contributed by atoms with Crippen LogP contribution in [-0.2, 0) is 14.4 Å². The molecule has 2 aromatic rings. The molecule has 2 aliphatic heterocycles. The SMILES string of the molecule is CC(C)c1cccc2c1NC(=O)[C@H](N1C(=O)[C@@H](CCC(F)(F)F)[C@@H](CCC(F)(F)F)C1=O)N=C2c1ccccc1. The van der Waals surface area contributed by atoms with Crippen LogP contribution in [0.25, 0.3) is 0 Å². The maximum Gasteiger partial charge on any atom is 0.389 e. The van der Waals surface area contributed by atoms with Gasteiger partial charge in [0.1, 0.15) is 0 Å². The number of benzodiazepines with no additional fused rings is 1. The number of nitrogens with zero attached hydrogens (tertiary/aromatic N) is 2. The summed E-state index contributed by atoms with van der Waals surface area (Å²) in [6, 6.07) is 13.8. The van der Waals surface area contributed by atoms with Crippen molar-refractivity contribution in [2.24, 2.45) is 16.8 Å². The predicted octanol–water partition coefficient (Wildman–Crippen LogP) is 6.21. The highest BCUT2D eigenvalue weighted by molar-refractivity contribution is 6.21. The highest BCUT2D eigenvalue weighted by Crippen LogP contribution is 2.40. The first-order valence-corrected chi connectivity index (χ1v) is 12.8. The fourth-order valence-electron chi connectivity index (χ4n) is 5.17. The molecule has 40 heavy (non-hydrogen) atoms. The smallest absolute Gasteiger partial charge is 0.322 e. The Morgan fingerprint density at radius 1 is 0.825 bits per heavy atom. The van der Waals surface area contributed by atoms with Crippen LogP contribution in [0.1, 0.15) is 62.1 Å². The lowest BCUT2D eigenvalue weighted by molar-refractivity contribution is -0.147. The third-order valence-corrected chi connectivity index (χ3v) is 7.07. The predicted molar refractivity (Wildman–Crippen MR) is 134 cm³/mol. The number of anilines is 1. The average molecular weight is 568 g/mol. The Labute approximate surface area is 226 Å². The van der Waals surface area contributed by atoms with E-state index in [-0.39, 0.29) is 11.6 Å². The number of carbonyl (C=O) groups is 3. The van der Waals surface area contributed by atoms with Gasteiger partial charge in [-0.2, -0.15) is 26.3 Å². The van der Waals surface area contributed by atoms with Gasteiger partial charge in [-0.3, -0.25) is 14.4 Å². The van der Waals surface area contributed by atoms with Gasteiger partial charge in [-0.05, 0) is 24.3 Å². The number of nitrogens with one attached hydrogen (secondary N) is 1. The molecule has 0 radical (unpaired) electrons. The van der Waals surface area contributed by atoms with Crippen LogP contribution in [0, 0.1) is 11.8 Å². The summed E-state index contributed by atoms with van der Waals surface area (Å²) in [4.78, 5) is 45.3. The monoisotopic (exact) mass is 567 g/mol. The number of imide groups is 1. The summed E-state index contributed by atoms with van der Waals surface area (Å²) < 4.78 is 78.1. The van der Waals surface area contributed by atoms with Crippen molar-refractivity contribution in [3.8, 4) is 0 Å². The largest absolute Gasteiger partial charge is 0.389 e. The Morgan fingerprint density at radius 3 is 1.88 bits per heavy atom. The van der Waals surface area contributed by atoms with Crippen LogP contribution < -0.4 is 5.32 Å². The van der Waals surface area contributed by atoms with Gasteiger partial charge >= 0.3 is 12.4 Å². The Morgan fingerprint density at radius 2 is 1.38 bits per heavy atom. The number of aliphatic imine (C=N–C) groups is 1. The van der Waals surface area contributed by atoms with Crippen LogP contribution in [0.5, 0.6) is 0 Å². The standard InChI is InChI=1S/C28H27F6N3O3/c1-15(2)17-9-6-10-20-21(16-7-4-3-5-8-16)35-23(24(38)36-22(17)20)37-25(39)18(11-13-27(29,30)31)19(26(37)40)12-14-28(32,33)34/h3-10,15,18-19,23H,11-14H2,1-2H3,(H,36,38)/t18-,19+,23-/m0/s1. The average Bonchev–Trinajstić information content (AvgIpc) is 3.00. The molecule has 3 amide bonds. The number of alkyl halides is 6. The van der Waals surface area contributed by atoms with Crippen LogP contribution >= 0.6 is 0 Å². The molecule has 1 fully saturated rings. The summed E-state index contributed by atoms with van der Waals surface area (Å²) >= 11 is 0. The van der Waals surface area contributed by atoms with Gasteiger partial charge in [0, 0.05) is 24.0 Å². The van der Waals surface area contributed by atoms with Crippen LogP contribution in [0.3, 0.4) is 0 Å². The van der Waals surface area contributed by atoms with Gasteiger partial charge in [-0.15, -0.1) is 0 Å². The van der Waals surface area contributed by atoms with Gasteiger partial charge in [0.25, 0.3) is 5.91 Å². The zero-order chi connectivity index (χ0) is 29.4. The van der Waals surface area contributed by atoms with E-state index in [0.717, 1.165) is 5.56 Å². The van der Waals surface area contributed by atoms with Crippen molar-refractivity contribution < 1.29 is 40.7 Å². The van der Waals surface area contributed by atoms with Gasteiger partial charge < -0.3 is 5.32 Å². The summed E-state index contributed by atoms with van der Waals surface area (Å²) in [7, 11) is 0. The third-order valence-electron chi connectivity index (χ3n) is 7.07. The van der Waals surface area contributed by atoms with Gasteiger partial charge in [-0.1, -0.05) is 62.4 Å². The van der Waals surface area contributed by atoms with Gasteiger partial charge in [0.2, 0.25) is 18.0 Å². The summed E-state index contributed by atoms with van der Waals surface area (Å²) in [5.74, 6) is -6.58. The molecule has 0 spiro atoms. The molecule has 0 unspecified atom stereocenters. The summed E-state index contributed by atoms with van der Waals surface area (Å²) in [5.41, 5.74) is 2.41. The maximum absolute atomic E-state index is 13.5. The van der Waals surface area contributed by atoms with Gasteiger partial charge in [-0.25, -0.2) is 9.89 Å². The molecule has 0 bridgehead atoms. The van der Waals surface area contributed by atoms with E-state index in [1.54, 1.807) is 48.5 Å². The quantitative estimate of drug-likeness (QED) is 0.319. The Kier molecular flexibility index (Phi) is 8.09. The minimum atomic E-state index is -4.70. The highest BCUT2D eigenvalue weighted by atomic mass is 19.4. The second kappa shape index (κ2) is 11.1. The summed E-state index contributed by atoms with van der Waals surface area (Å²) in [6.07, 6.45) is -15.9. The molecule has 2 heterocycles. The van der Waals surface area contributed by atoms with Crippen molar-refractivity contribution in [1.29, 1.82) is 0 Å². The van der Waals surface area contributed by atoms with Gasteiger partial charge in [0.05, 0.1) is 23.2 Å². The van der Waals surface area contributed by atoms with E-state index >= 15 is 0 Å². The first-order chi connectivity index (χ1) is 18.7. The van der Waals surface area contributed by atoms with Crippen molar-refractivity contribution in [3.05, 3.63) is 65.2 Å². The van der Waals surface area contributed by atoms with Gasteiger partial charge in [0.15, 0.2) is 0 Å². The van der Waals surface area contributed by atoms with E-state index in [1.807, 2.05) is 13.8 Å². The number of hydrogen-bond donors (Lipinski definition) is 1. The number of likely N-dealkylation sites (tertiary alicyclic amines) is 1. The molecule has 0 aliphatic carbocycles. The number of halogens is 6. The lowest BCUT2D eigenvalue weighted by Crippen LogP contribution is -2.46. The second-order valence-electron chi connectivity index (χ2n) is 10.2. The zero-order valence-electron chi connectivity index (χ0n) is 21.6. The van der Waals surface area contributed by atoms with Crippen molar-refractivity contribution in [2.45, 2.75) is 64.0 Å². The minimum Gasteiger partial charge on any atom is -0.322 e. The lowest BCUT2D eigenvalue weighted by atomic mass is 9.87. The van der Waals surface area contributed by atoms with Crippen LogP contribution in [0.15, 0.2) is 53.5 Å². The number of amides is 3. The van der Waals surface area contributed by atoms with Crippen LogP contribution in [-0.4, -0.2) is 46.9 Å². The number of fused-ring (bicyclic) bond motifs is 1. The third kappa shape index (κ3) is 6.20. The molecule has 0 saturated carbocycles. The number of hydrogen-bond acceptors (Lipinski definition) is 4. The zero-order valence-corrected chi connectivity index (χ0v) is 21.6. The van der Waals surface area contributed by atoms with Crippen molar-refractivity contribution in [2.75, 3.05) is 5.32 Å². The van der Waals surface area contributed by atoms with E-state index in [2.05, 4.69) is 10.3 Å². The van der Waals surface area contributed by atoms with Crippen LogP contribution in [0.2, 0.25) is 0 Å². The summed E-state index contributed by atoms with van der Waals surface area (Å²) in [6.45, 7) is 3.79. The lowest BCUT2D eigenvalue weighted by Gasteiger charge is -2.22. The fraction of sp³-hybridized carbons (Fsp3) is 0.429. The molecular formula is C28H27F6N3O3. The van der Waals surface area contributed by atoms with E-state index in [0.29, 0.717) is 21.7 Å². The molecule has 1 saturated heterocycles. The second-order valence-corrected chi connectivity index (χ2v) is 10.2. The molecule has 214 valence electrons. The Balaban J connectivity index is 1.81. The normalized spacial score (nSPS) is 21.8. The van der Waals surface area contributed by atoms with Crippen molar-refractivity contribution in [3.63, 3.8) is 0 Å². The number of carbonyl (C=O) groups excluding carboxylic acids is 3. The van der Waals surface area contributed by atoms with E-state index < -0.39 is 73.8 Å². The molecule has 1 N–H and O–H groups in total. The number of benzene rings is 2. The van der Waals surface area contributed by atoms with Crippen LogP contribution in [0.4, 0.5) is 32.0 Å². The highest BCUT2D eigenvalue weighted by Gasteiger charge is 2.53. The first kappa shape index (κ1) is 29.3. The first-order valence-electron chi connectivity index (χ1n) is 12.8. The molecule has 0 aromatic heterocycles. The fourth-order valence-corrected chi connectivity index (χ4v) is 5.17. The van der Waals surface area contributed by atoms with E-state index in [9.17, 15) is 40.7 Å². The number of para-hydroxylation sites is 1. The maximum atomic E-state index is 13.5. The minimum absolute atomic E-state index is 0.0580. The van der Waals surface area contributed by atoms with E-state index in [4.69, 9.17) is 0 Å². The van der Waals surface area contributed by atoms with Crippen molar-refractivity contribution >= 4 is 29.1 Å². The topological polar surface area (TPSA) is 78.8 Å². The Hall–Kier alpha value is -3.70. The molecule has 6 nitrogen and oxygen atoms in total.